The molecule has 0 aliphatic heterocycles. The monoisotopic (exact) mass is 164 g/mol. The molecule has 0 radical (unpaired) electrons. The predicted octanol–water partition coefficient (Wildman–Crippen LogP) is 4.11. The van der Waals surface area contributed by atoms with Crippen LogP contribution in [0.1, 0.15) is 33.6 Å². The third-order valence-corrected chi connectivity index (χ3v) is 1.68. The SMILES string of the molecule is C=C(C)/C=C\C(=C)C1CC1.CC. The minimum atomic E-state index is 0.788. The van der Waals surface area contributed by atoms with Crippen LogP contribution in [0.5, 0.6) is 0 Å². The van der Waals surface area contributed by atoms with Crippen molar-refractivity contribution in [1.82, 2.24) is 0 Å². The summed E-state index contributed by atoms with van der Waals surface area (Å²) in [6.45, 7) is 13.7. The molecule has 1 fully saturated rings. The molecule has 1 aliphatic carbocycles. The highest BCUT2D eigenvalue weighted by molar-refractivity contribution is 5.27. The van der Waals surface area contributed by atoms with E-state index in [2.05, 4.69) is 19.2 Å². The lowest BCUT2D eigenvalue weighted by atomic mass is 10.1. The molecule has 0 heterocycles. The lowest BCUT2D eigenvalue weighted by molar-refractivity contribution is 1.06. The molecule has 0 heteroatoms. The van der Waals surface area contributed by atoms with Crippen LogP contribution in [0.15, 0.2) is 36.5 Å². The minimum absolute atomic E-state index is 0.788. The van der Waals surface area contributed by atoms with Gasteiger partial charge in [-0.2, -0.15) is 0 Å². The summed E-state index contributed by atoms with van der Waals surface area (Å²) in [5, 5.41) is 0. The zero-order valence-electron chi connectivity index (χ0n) is 8.56. The molecule has 0 unspecified atom stereocenters. The van der Waals surface area contributed by atoms with Gasteiger partial charge in [-0.25, -0.2) is 0 Å². The molecule has 0 aromatic carbocycles. The Balaban J connectivity index is 0.000000561. The van der Waals surface area contributed by atoms with Gasteiger partial charge in [0.1, 0.15) is 0 Å². The number of hydrogen-bond acceptors (Lipinski definition) is 0. The molecule has 0 spiro atoms. The van der Waals surface area contributed by atoms with Gasteiger partial charge < -0.3 is 0 Å². The Morgan fingerprint density at radius 1 is 1.17 bits per heavy atom. The van der Waals surface area contributed by atoms with Crippen molar-refractivity contribution in [2.75, 3.05) is 0 Å². The van der Waals surface area contributed by atoms with E-state index in [1.807, 2.05) is 26.8 Å². The zero-order chi connectivity index (χ0) is 9.56. The van der Waals surface area contributed by atoms with Crippen molar-refractivity contribution in [2.45, 2.75) is 33.6 Å². The van der Waals surface area contributed by atoms with E-state index >= 15 is 0 Å². The molecule has 1 aliphatic rings. The smallest absolute Gasteiger partial charge is 0.0167 e. The number of rotatable bonds is 3. The lowest BCUT2D eigenvalue weighted by Gasteiger charge is -1.92. The second-order valence-electron chi connectivity index (χ2n) is 3.03. The molecule has 0 bridgehead atoms. The fourth-order valence-corrected chi connectivity index (χ4v) is 0.840. The topological polar surface area (TPSA) is 0 Å². The quantitative estimate of drug-likeness (QED) is 0.551. The van der Waals surface area contributed by atoms with Gasteiger partial charge in [-0.3, -0.25) is 0 Å². The zero-order valence-corrected chi connectivity index (χ0v) is 8.56. The summed E-state index contributed by atoms with van der Waals surface area (Å²) in [5.41, 5.74) is 2.37. The molecular formula is C12H20. The highest BCUT2D eigenvalue weighted by Gasteiger charge is 2.22. The van der Waals surface area contributed by atoms with E-state index in [0.717, 1.165) is 11.5 Å². The summed E-state index contributed by atoms with van der Waals surface area (Å²) in [6, 6.07) is 0. The van der Waals surface area contributed by atoms with Crippen molar-refractivity contribution in [1.29, 1.82) is 0 Å². The second kappa shape index (κ2) is 5.82. The third kappa shape index (κ3) is 4.95. The van der Waals surface area contributed by atoms with E-state index in [9.17, 15) is 0 Å². The van der Waals surface area contributed by atoms with Gasteiger partial charge in [-0.15, -0.1) is 0 Å². The van der Waals surface area contributed by atoms with E-state index in [0.29, 0.717) is 0 Å². The Labute approximate surface area is 76.7 Å². The molecule has 12 heavy (non-hydrogen) atoms. The summed E-state index contributed by atoms with van der Waals surface area (Å²) < 4.78 is 0. The standard InChI is InChI=1S/C10H14.C2H6/c1-8(2)4-5-9(3)10-6-7-10;1-2/h4-5,10H,1,3,6-7H2,2H3;1-2H3/b5-4-;. The predicted molar refractivity (Wildman–Crippen MR) is 57.2 cm³/mol. The van der Waals surface area contributed by atoms with E-state index in [1.165, 1.54) is 18.4 Å². The summed E-state index contributed by atoms with van der Waals surface area (Å²) >= 11 is 0. The largest absolute Gasteiger partial charge is 0.0961 e. The molecule has 0 N–H and O–H groups in total. The third-order valence-electron chi connectivity index (χ3n) is 1.68. The summed E-state index contributed by atoms with van der Waals surface area (Å²) in [5.74, 6) is 0.788. The van der Waals surface area contributed by atoms with Crippen molar-refractivity contribution < 1.29 is 0 Å². The second-order valence-corrected chi connectivity index (χ2v) is 3.03. The fraction of sp³-hybridized carbons (Fsp3) is 0.500. The van der Waals surface area contributed by atoms with Gasteiger partial charge in [0.15, 0.2) is 0 Å². The van der Waals surface area contributed by atoms with Gasteiger partial charge in [0.25, 0.3) is 0 Å². The maximum absolute atomic E-state index is 3.96. The number of allylic oxidation sites excluding steroid dienone is 4. The van der Waals surface area contributed by atoms with Gasteiger partial charge in [-0.1, -0.05) is 50.3 Å². The molecule has 0 nitrogen and oxygen atoms in total. The first-order chi connectivity index (χ1) is 5.70. The molecular weight excluding hydrogens is 144 g/mol. The minimum Gasteiger partial charge on any atom is -0.0961 e. The summed E-state index contributed by atoms with van der Waals surface area (Å²) in [7, 11) is 0. The van der Waals surface area contributed by atoms with Crippen LogP contribution in [0.4, 0.5) is 0 Å². The van der Waals surface area contributed by atoms with Gasteiger partial charge in [-0.05, 0) is 25.7 Å². The van der Waals surface area contributed by atoms with E-state index in [4.69, 9.17) is 0 Å². The van der Waals surface area contributed by atoms with Crippen molar-refractivity contribution in [3.8, 4) is 0 Å². The van der Waals surface area contributed by atoms with Crippen LogP contribution in [0.25, 0.3) is 0 Å². The fourth-order valence-electron chi connectivity index (χ4n) is 0.840. The maximum Gasteiger partial charge on any atom is -0.0167 e. The average molecular weight is 164 g/mol. The molecule has 0 aromatic rings. The molecule has 68 valence electrons. The summed E-state index contributed by atoms with van der Waals surface area (Å²) in [4.78, 5) is 0. The normalized spacial score (nSPS) is 15.2. The first kappa shape index (κ1) is 11.2. The van der Waals surface area contributed by atoms with Crippen molar-refractivity contribution >= 4 is 0 Å². The van der Waals surface area contributed by atoms with Crippen LogP contribution in [-0.2, 0) is 0 Å². The van der Waals surface area contributed by atoms with Gasteiger partial charge in [0.05, 0.1) is 0 Å². The highest BCUT2D eigenvalue weighted by Crippen LogP contribution is 2.35. The average Bonchev–Trinajstić information content (AvgIpc) is 2.86. The van der Waals surface area contributed by atoms with Crippen molar-refractivity contribution in [3.05, 3.63) is 36.5 Å². The maximum atomic E-state index is 3.96. The van der Waals surface area contributed by atoms with E-state index in [1.54, 1.807) is 0 Å². The van der Waals surface area contributed by atoms with Gasteiger partial charge in [0.2, 0.25) is 0 Å². The summed E-state index contributed by atoms with van der Waals surface area (Å²) in [6.07, 6.45) is 6.78. The van der Waals surface area contributed by atoms with Crippen LogP contribution in [0.2, 0.25) is 0 Å². The molecule has 0 aromatic heterocycles. The van der Waals surface area contributed by atoms with Crippen molar-refractivity contribution in [2.24, 2.45) is 5.92 Å². The van der Waals surface area contributed by atoms with E-state index < -0.39 is 0 Å². The number of hydrogen-bond donors (Lipinski definition) is 0. The van der Waals surface area contributed by atoms with Gasteiger partial charge in [0, 0.05) is 0 Å². The Morgan fingerprint density at radius 3 is 2.00 bits per heavy atom. The Bertz CT molecular complexity index is 180. The molecule has 0 atom stereocenters. The van der Waals surface area contributed by atoms with Crippen LogP contribution in [-0.4, -0.2) is 0 Å². The molecule has 1 saturated carbocycles. The van der Waals surface area contributed by atoms with Crippen LogP contribution < -0.4 is 0 Å². The van der Waals surface area contributed by atoms with Crippen molar-refractivity contribution in [3.63, 3.8) is 0 Å². The molecule has 0 amide bonds. The highest BCUT2D eigenvalue weighted by atomic mass is 14.3. The van der Waals surface area contributed by atoms with Gasteiger partial charge >= 0.3 is 0 Å². The van der Waals surface area contributed by atoms with E-state index in [-0.39, 0.29) is 0 Å². The Hall–Kier alpha value is -0.780. The first-order valence-corrected chi connectivity index (χ1v) is 4.72. The Morgan fingerprint density at radius 2 is 1.67 bits per heavy atom. The lowest BCUT2D eigenvalue weighted by Crippen LogP contribution is -1.75. The Kier molecular flexibility index (Phi) is 5.44. The molecule has 1 rings (SSSR count). The van der Waals surface area contributed by atoms with Crippen LogP contribution >= 0.6 is 0 Å². The first-order valence-electron chi connectivity index (χ1n) is 4.72. The molecule has 0 saturated heterocycles. The van der Waals surface area contributed by atoms with Crippen LogP contribution in [0, 0.1) is 5.92 Å². The van der Waals surface area contributed by atoms with Crippen LogP contribution in [0.3, 0.4) is 0 Å².